The first-order valence-corrected chi connectivity index (χ1v) is 13.2. The lowest BCUT2D eigenvalue weighted by molar-refractivity contribution is -0.137. The Morgan fingerprint density at radius 1 is 0.615 bits per heavy atom. The molecular weight excluding hydrogens is 493 g/mol. The maximum Gasteiger partial charge on any atom is 0.416 e. The molecule has 39 heavy (non-hydrogen) atoms. The van der Waals surface area contributed by atoms with Crippen LogP contribution in [0.25, 0.3) is 5.57 Å². The van der Waals surface area contributed by atoms with Gasteiger partial charge in [-0.2, -0.15) is 13.2 Å². The van der Waals surface area contributed by atoms with E-state index < -0.39 is 17.2 Å². The van der Waals surface area contributed by atoms with E-state index in [4.69, 9.17) is 0 Å². The Kier molecular flexibility index (Phi) is 5.31. The fraction of sp³-hybridized carbons (Fsp3) is 0.171. The number of hydrogen-bond acceptors (Lipinski definition) is 1. The molecule has 4 aromatic rings. The second-order valence-corrected chi connectivity index (χ2v) is 10.7. The first-order valence-electron chi connectivity index (χ1n) is 13.2. The molecule has 5 unspecified atom stereocenters. The van der Waals surface area contributed by atoms with E-state index in [1.54, 1.807) is 12.1 Å². The second kappa shape index (κ2) is 8.67. The third-order valence-electron chi connectivity index (χ3n) is 8.85. The minimum Gasteiger partial charge on any atom is -0.293 e. The number of ketones is 1. The molecular formula is C35H25F3O. The number of carbonyl (C=O) groups excluding carboxylic acids is 1. The molecule has 5 atom stereocenters. The third kappa shape index (κ3) is 3.51. The number of rotatable bonds is 5. The van der Waals surface area contributed by atoms with E-state index in [9.17, 15) is 18.0 Å². The Morgan fingerprint density at radius 3 is 1.64 bits per heavy atom. The molecule has 0 radical (unpaired) electrons. The van der Waals surface area contributed by atoms with Crippen molar-refractivity contribution < 1.29 is 18.0 Å². The van der Waals surface area contributed by atoms with Crippen molar-refractivity contribution in [2.24, 2.45) is 23.2 Å². The van der Waals surface area contributed by atoms with E-state index in [0.717, 1.165) is 34.4 Å². The highest BCUT2D eigenvalue weighted by Crippen LogP contribution is 2.82. The lowest BCUT2D eigenvalue weighted by Crippen LogP contribution is -2.30. The Labute approximate surface area is 225 Å². The molecule has 0 aromatic heterocycles. The fourth-order valence-electron chi connectivity index (χ4n) is 7.36. The van der Waals surface area contributed by atoms with Crippen LogP contribution in [-0.4, -0.2) is 5.78 Å². The summed E-state index contributed by atoms with van der Waals surface area (Å²) in [7, 11) is 0. The molecule has 4 aliphatic carbocycles. The SMILES string of the molecule is O=C(c1ccccc1)C12C3C=CC(C(=C(c4ccccc4)c4ccccc4)C31)C2c1ccc(C(F)(F)F)cc1. The molecule has 4 bridgehead atoms. The number of benzene rings is 4. The van der Waals surface area contributed by atoms with Crippen LogP contribution >= 0.6 is 0 Å². The molecule has 192 valence electrons. The minimum atomic E-state index is -4.41. The van der Waals surface area contributed by atoms with Crippen LogP contribution in [0.15, 0.2) is 133 Å². The molecule has 8 rings (SSSR count). The van der Waals surface area contributed by atoms with Crippen molar-refractivity contribution in [2.45, 2.75) is 12.1 Å². The number of halogens is 3. The van der Waals surface area contributed by atoms with E-state index in [1.165, 1.54) is 5.57 Å². The van der Waals surface area contributed by atoms with Crippen molar-refractivity contribution in [1.82, 2.24) is 0 Å². The molecule has 2 saturated carbocycles. The number of carbonyl (C=O) groups is 1. The van der Waals surface area contributed by atoms with Gasteiger partial charge in [-0.05, 0) is 45.9 Å². The van der Waals surface area contributed by atoms with Crippen LogP contribution in [0.4, 0.5) is 13.2 Å². The maximum atomic E-state index is 14.4. The summed E-state index contributed by atoms with van der Waals surface area (Å²) in [6.45, 7) is 0. The van der Waals surface area contributed by atoms with E-state index in [-0.39, 0.29) is 29.5 Å². The molecule has 0 spiro atoms. The number of allylic oxidation sites excluding steroid dienone is 3. The highest BCUT2D eigenvalue weighted by molar-refractivity contribution is 6.06. The molecule has 0 N–H and O–H groups in total. The van der Waals surface area contributed by atoms with Crippen molar-refractivity contribution in [3.8, 4) is 0 Å². The van der Waals surface area contributed by atoms with Crippen molar-refractivity contribution in [3.63, 3.8) is 0 Å². The largest absolute Gasteiger partial charge is 0.416 e. The van der Waals surface area contributed by atoms with Crippen molar-refractivity contribution in [3.05, 3.63) is 161 Å². The van der Waals surface area contributed by atoms with Crippen LogP contribution < -0.4 is 0 Å². The van der Waals surface area contributed by atoms with Gasteiger partial charge >= 0.3 is 6.18 Å². The fourth-order valence-corrected chi connectivity index (χ4v) is 7.36. The highest BCUT2D eigenvalue weighted by Gasteiger charge is 2.80. The topological polar surface area (TPSA) is 17.1 Å². The van der Waals surface area contributed by atoms with Gasteiger partial charge in [-0.1, -0.05) is 115 Å². The molecule has 4 aromatic carbocycles. The molecule has 1 nitrogen and oxygen atoms in total. The standard InChI is InChI=1S/C35H25F3O/c36-35(37,38)26-18-16-24(17-19-26)31-27-20-21-28-32(34(28,31)33(39)25-14-8-3-9-15-25)30(27)29(22-10-4-1-5-11-22)23-12-6-2-7-13-23/h1-21,27-28,31-32H. The summed E-state index contributed by atoms with van der Waals surface area (Å²) in [6.07, 6.45) is -0.0479. The first-order chi connectivity index (χ1) is 18.9. The maximum absolute atomic E-state index is 14.4. The summed E-state index contributed by atoms with van der Waals surface area (Å²) >= 11 is 0. The zero-order chi connectivity index (χ0) is 26.8. The molecule has 0 saturated heterocycles. The van der Waals surface area contributed by atoms with E-state index >= 15 is 0 Å². The molecule has 0 heterocycles. The molecule has 4 heteroatoms. The van der Waals surface area contributed by atoms with E-state index in [1.807, 2.05) is 66.7 Å². The van der Waals surface area contributed by atoms with Gasteiger partial charge in [-0.25, -0.2) is 0 Å². The third-order valence-corrected chi connectivity index (χ3v) is 8.85. The summed E-state index contributed by atoms with van der Waals surface area (Å²) in [4.78, 5) is 14.4. The zero-order valence-corrected chi connectivity index (χ0v) is 21.0. The first kappa shape index (κ1) is 23.9. The Bertz CT molecular complexity index is 1560. The van der Waals surface area contributed by atoms with Crippen molar-refractivity contribution >= 4 is 11.4 Å². The average Bonchev–Trinajstić information content (AvgIpc) is 3.59. The van der Waals surface area contributed by atoms with Crippen LogP contribution in [0, 0.1) is 23.2 Å². The summed E-state index contributed by atoms with van der Waals surface area (Å²) in [5.41, 5.74) is 4.54. The monoisotopic (exact) mass is 518 g/mol. The quantitative estimate of drug-likeness (QED) is 0.191. The van der Waals surface area contributed by atoms with Gasteiger partial charge in [0.15, 0.2) is 5.78 Å². The van der Waals surface area contributed by atoms with Gasteiger partial charge in [0.05, 0.1) is 11.0 Å². The molecule has 4 aliphatic rings. The summed E-state index contributed by atoms with van der Waals surface area (Å²) < 4.78 is 40.3. The van der Waals surface area contributed by atoms with E-state index in [0.29, 0.717) is 5.56 Å². The molecule has 2 fully saturated rings. The number of alkyl halides is 3. The van der Waals surface area contributed by atoms with Crippen LogP contribution in [0.3, 0.4) is 0 Å². The summed E-state index contributed by atoms with van der Waals surface area (Å²) in [5.74, 6) is -0.277. The predicted octanol–water partition coefficient (Wildman–Crippen LogP) is 8.61. The predicted molar refractivity (Wildman–Crippen MR) is 146 cm³/mol. The second-order valence-electron chi connectivity index (χ2n) is 10.7. The van der Waals surface area contributed by atoms with Crippen molar-refractivity contribution in [2.75, 3.05) is 0 Å². The lowest BCUT2D eigenvalue weighted by Gasteiger charge is -2.34. The summed E-state index contributed by atoms with van der Waals surface area (Å²) in [5, 5.41) is 0. The van der Waals surface area contributed by atoms with Crippen molar-refractivity contribution in [1.29, 1.82) is 0 Å². The zero-order valence-electron chi connectivity index (χ0n) is 21.0. The highest BCUT2D eigenvalue weighted by atomic mass is 19.4. The normalized spacial score (nSPS) is 26.4. The Morgan fingerprint density at radius 2 is 1.13 bits per heavy atom. The van der Waals surface area contributed by atoms with Crippen LogP contribution in [0.5, 0.6) is 0 Å². The van der Waals surface area contributed by atoms with Crippen LogP contribution in [0.1, 0.15) is 38.5 Å². The van der Waals surface area contributed by atoms with Gasteiger partial charge in [0, 0.05) is 23.3 Å². The van der Waals surface area contributed by atoms with Crippen LogP contribution in [-0.2, 0) is 6.18 Å². The van der Waals surface area contributed by atoms with Gasteiger partial charge in [0.2, 0.25) is 0 Å². The van der Waals surface area contributed by atoms with Gasteiger partial charge in [0.25, 0.3) is 0 Å². The smallest absolute Gasteiger partial charge is 0.293 e. The number of Topliss-reactive ketones (excluding diaryl/α,β-unsaturated/α-hetero) is 1. The van der Waals surface area contributed by atoms with Gasteiger partial charge < -0.3 is 0 Å². The van der Waals surface area contributed by atoms with Gasteiger partial charge in [0.1, 0.15) is 0 Å². The number of hydrogen-bond donors (Lipinski definition) is 0. The minimum absolute atomic E-state index is 0.0000711. The lowest BCUT2D eigenvalue weighted by atomic mass is 9.68. The Balaban J connectivity index is 1.47. The average molecular weight is 519 g/mol. The molecule has 0 aliphatic heterocycles. The van der Waals surface area contributed by atoms with Gasteiger partial charge in [-0.15, -0.1) is 0 Å². The Hall–Kier alpha value is -4.18. The van der Waals surface area contributed by atoms with Gasteiger partial charge in [-0.3, -0.25) is 4.79 Å². The van der Waals surface area contributed by atoms with Crippen LogP contribution in [0.2, 0.25) is 0 Å². The summed E-state index contributed by atoms with van der Waals surface area (Å²) in [6, 6.07) is 35.3. The van der Waals surface area contributed by atoms with E-state index in [2.05, 4.69) is 36.4 Å². The molecule has 0 amide bonds.